The number of methoxy groups -OCH3 is 1. The van der Waals surface area contributed by atoms with Gasteiger partial charge in [0.15, 0.2) is 17.3 Å². The summed E-state index contributed by atoms with van der Waals surface area (Å²) in [5.74, 6) is -0.383. The van der Waals surface area contributed by atoms with Gasteiger partial charge < -0.3 is 29.6 Å². The van der Waals surface area contributed by atoms with Crippen LogP contribution in [0.2, 0.25) is 0 Å². The van der Waals surface area contributed by atoms with Gasteiger partial charge in [-0.3, -0.25) is 9.59 Å². The summed E-state index contributed by atoms with van der Waals surface area (Å²) in [5.41, 5.74) is 0.0232. The summed E-state index contributed by atoms with van der Waals surface area (Å²) < 4.78 is 10.9. The number of carbonyl (C=O) groups is 1. The maximum Gasteiger partial charge on any atom is 0.227 e. The Balaban J connectivity index is 1.64. The summed E-state index contributed by atoms with van der Waals surface area (Å²) in [6, 6.07) is 5.98. The Morgan fingerprint density at radius 2 is 2.03 bits per heavy atom. The van der Waals surface area contributed by atoms with Crippen LogP contribution >= 0.6 is 0 Å². The van der Waals surface area contributed by atoms with Crippen LogP contribution in [0.3, 0.4) is 0 Å². The number of hydrogen-bond donors (Lipinski definition) is 3. The minimum absolute atomic E-state index is 0.0168. The molecular formula is C23H28N2O6. The lowest BCUT2D eigenvalue weighted by atomic mass is 9.83. The van der Waals surface area contributed by atoms with Crippen molar-refractivity contribution in [2.75, 3.05) is 26.7 Å². The molecule has 5 rings (SSSR count). The van der Waals surface area contributed by atoms with Gasteiger partial charge in [-0.25, -0.2) is 0 Å². The van der Waals surface area contributed by atoms with E-state index in [-0.39, 0.29) is 35.6 Å². The van der Waals surface area contributed by atoms with Gasteiger partial charge in [0.05, 0.1) is 13.0 Å². The highest BCUT2D eigenvalue weighted by Crippen LogP contribution is 2.37. The summed E-state index contributed by atoms with van der Waals surface area (Å²) in [4.78, 5) is 27.6. The molecule has 3 fully saturated rings. The lowest BCUT2D eigenvalue weighted by Gasteiger charge is -2.45. The fourth-order valence-corrected chi connectivity index (χ4v) is 4.71. The number of nitrogens with one attached hydrogen (secondary N) is 1. The van der Waals surface area contributed by atoms with Gasteiger partial charge in [0.2, 0.25) is 17.1 Å². The fraction of sp³-hybridized carbons (Fsp3) is 0.478. The molecule has 166 valence electrons. The van der Waals surface area contributed by atoms with E-state index in [4.69, 9.17) is 9.15 Å². The van der Waals surface area contributed by atoms with Crippen LogP contribution in [0.5, 0.6) is 17.2 Å². The lowest BCUT2D eigenvalue weighted by Crippen LogP contribution is -2.57. The number of rotatable bonds is 6. The molecule has 8 nitrogen and oxygen atoms in total. The normalized spacial score (nSPS) is 23.4. The van der Waals surface area contributed by atoms with E-state index in [0.717, 1.165) is 32.5 Å². The molecule has 2 bridgehead atoms. The molecule has 3 saturated heterocycles. The molecule has 1 amide bonds. The van der Waals surface area contributed by atoms with E-state index in [1.54, 1.807) is 19.1 Å². The number of aryl methyl sites for hydroxylation is 1. The summed E-state index contributed by atoms with van der Waals surface area (Å²) in [6.07, 6.45) is 2.14. The van der Waals surface area contributed by atoms with E-state index in [9.17, 15) is 19.8 Å². The van der Waals surface area contributed by atoms with Gasteiger partial charge in [0.1, 0.15) is 5.76 Å². The Bertz CT molecular complexity index is 1030. The first-order valence-electron chi connectivity index (χ1n) is 10.6. The first kappa shape index (κ1) is 21.2. The number of piperidine rings is 3. The first-order chi connectivity index (χ1) is 14.9. The fourth-order valence-electron chi connectivity index (χ4n) is 4.71. The van der Waals surface area contributed by atoms with Crippen LogP contribution in [0.25, 0.3) is 0 Å². The van der Waals surface area contributed by atoms with Crippen LogP contribution in [0, 0.1) is 12.8 Å². The van der Waals surface area contributed by atoms with E-state index in [1.165, 1.54) is 19.2 Å². The van der Waals surface area contributed by atoms with Crippen molar-refractivity contribution in [3.8, 4) is 17.2 Å². The van der Waals surface area contributed by atoms with Gasteiger partial charge in [-0.05, 0) is 56.5 Å². The maximum atomic E-state index is 13.0. The van der Waals surface area contributed by atoms with Crippen LogP contribution in [0.4, 0.5) is 0 Å². The van der Waals surface area contributed by atoms with Crippen molar-refractivity contribution in [3.05, 3.63) is 51.6 Å². The molecule has 0 unspecified atom stereocenters. The average Bonchev–Trinajstić information content (AvgIpc) is 2.76. The molecule has 0 spiro atoms. The van der Waals surface area contributed by atoms with Gasteiger partial charge >= 0.3 is 0 Å². The van der Waals surface area contributed by atoms with Gasteiger partial charge in [-0.2, -0.15) is 0 Å². The van der Waals surface area contributed by atoms with Crippen molar-refractivity contribution in [3.63, 3.8) is 0 Å². The van der Waals surface area contributed by atoms with Crippen molar-refractivity contribution < 1.29 is 24.2 Å². The minimum Gasteiger partial charge on any atom is -0.504 e. The Morgan fingerprint density at radius 1 is 1.29 bits per heavy atom. The number of carbonyl (C=O) groups excluding carboxylic acids is 1. The third-order valence-electron chi connectivity index (χ3n) is 6.39. The monoisotopic (exact) mass is 428 g/mol. The zero-order valence-corrected chi connectivity index (χ0v) is 17.8. The van der Waals surface area contributed by atoms with Crippen LogP contribution in [0.1, 0.15) is 42.3 Å². The van der Waals surface area contributed by atoms with E-state index in [2.05, 4.69) is 10.2 Å². The maximum absolute atomic E-state index is 13.0. The van der Waals surface area contributed by atoms with E-state index < -0.39 is 17.1 Å². The Hall–Kier alpha value is -3.00. The molecule has 2 atom stereocenters. The van der Waals surface area contributed by atoms with Gasteiger partial charge in [-0.1, -0.05) is 6.07 Å². The summed E-state index contributed by atoms with van der Waals surface area (Å²) in [7, 11) is 1.43. The first-order valence-corrected chi connectivity index (χ1v) is 10.6. The molecule has 0 saturated carbocycles. The number of hydrogen-bond acceptors (Lipinski definition) is 7. The molecule has 0 aliphatic carbocycles. The average molecular weight is 428 g/mol. The highest BCUT2D eigenvalue weighted by Gasteiger charge is 2.35. The number of ether oxygens (including phenoxy) is 1. The predicted molar refractivity (Wildman–Crippen MR) is 114 cm³/mol. The number of fused-ring (bicyclic) bond motifs is 3. The van der Waals surface area contributed by atoms with Gasteiger partial charge in [-0.15, -0.1) is 0 Å². The third kappa shape index (κ3) is 4.39. The molecule has 8 heteroatoms. The van der Waals surface area contributed by atoms with Crippen molar-refractivity contribution in [1.29, 1.82) is 0 Å². The zero-order valence-electron chi connectivity index (χ0n) is 17.8. The standard InChI is InChI=1S/C23H28N2O6/c1-13-9-19(27)22(29)23(31-13)16(15-3-4-18(26)20(10-15)30-2)11-21(28)24-17-12-25-7-5-14(17)6-8-25/h3-4,9-10,14,16-17,26,29H,5-8,11-12H2,1-2H3,(H,24,28)/t16-,17+/m0/s1. The predicted octanol–water partition coefficient (Wildman–Crippen LogP) is 2.10. The topological polar surface area (TPSA) is 112 Å². The quantitative estimate of drug-likeness (QED) is 0.646. The molecular weight excluding hydrogens is 400 g/mol. The number of benzene rings is 1. The number of aromatic hydroxyl groups is 2. The largest absolute Gasteiger partial charge is 0.504 e. The lowest BCUT2D eigenvalue weighted by molar-refractivity contribution is -0.123. The van der Waals surface area contributed by atoms with Crippen molar-refractivity contribution >= 4 is 5.91 Å². The van der Waals surface area contributed by atoms with Crippen molar-refractivity contribution in [2.45, 2.75) is 38.1 Å². The minimum atomic E-state index is -0.719. The molecule has 1 aromatic carbocycles. The second kappa shape index (κ2) is 8.63. The molecule has 3 N–H and O–H groups in total. The summed E-state index contributed by atoms with van der Waals surface area (Å²) >= 11 is 0. The highest BCUT2D eigenvalue weighted by atomic mass is 16.5. The third-order valence-corrected chi connectivity index (χ3v) is 6.39. The molecule has 1 aromatic heterocycles. The second-order valence-electron chi connectivity index (χ2n) is 8.43. The number of phenols is 1. The Morgan fingerprint density at radius 3 is 2.68 bits per heavy atom. The molecule has 2 aromatic rings. The molecule has 4 heterocycles. The highest BCUT2D eigenvalue weighted by molar-refractivity contribution is 5.78. The SMILES string of the molecule is COc1cc([C@H](CC(=O)N[C@@H]2CN3CCC2CC3)c2oc(C)cc(=O)c2O)ccc1O. The van der Waals surface area contributed by atoms with Crippen molar-refractivity contribution in [2.24, 2.45) is 5.92 Å². The molecule has 0 radical (unpaired) electrons. The van der Waals surface area contributed by atoms with E-state index in [1.807, 2.05) is 0 Å². The van der Waals surface area contributed by atoms with Crippen LogP contribution < -0.4 is 15.5 Å². The number of amides is 1. The van der Waals surface area contributed by atoms with Crippen LogP contribution in [-0.2, 0) is 4.79 Å². The molecule has 31 heavy (non-hydrogen) atoms. The van der Waals surface area contributed by atoms with E-state index >= 15 is 0 Å². The Kier molecular flexibility index (Phi) is 5.91. The van der Waals surface area contributed by atoms with Crippen LogP contribution in [0.15, 0.2) is 33.5 Å². The Labute approximate surface area is 180 Å². The molecule has 3 aliphatic heterocycles. The van der Waals surface area contributed by atoms with Crippen molar-refractivity contribution in [1.82, 2.24) is 10.2 Å². The molecule has 3 aliphatic rings. The van der Waals surface area contributed by atoms with Gasteiger partial charge in [0.25, 0.3) is 0 Å². The smallest absolute Gasteiger partial charge is 0.227 e. The summed E-state index contributed by atoms with van der Waals surface area (Å²) in [5, 5.41) is 23.5. The second-order valence-corrected chi connectivity index (χ2v) is 8.43. The number of phenolic OH excluding ortho intramolecular Hbond substituents is 1. The van der Waals surface area contributed by atoms with E-state index in [0.29, 0.717) is 17.2 Å². The summed E-state index contributed by atoms with van der Waals surface area (Å²) in [6.45, 7) is 4.62. The zero-order chi connectivity index (χ0) is 22.1. The number of nitrogens with zero attached hydrogens (tertiary/aromatic N) is 1. The van der Waals surface area contributed by atoms with Gasteiger partial charge in [0, 0.05) is 25.1 Å². The van der Waals surface area contributed by atoms with Crippen LogP contribution in [-0.4, -0.2) is 53.8 Å².